The van der Waals surface area contributed by atoms with Crippen molar-refractivity contribution in [2.24, 2.45) is 5.92 Å². The van der Waals surface area contributed by atoms with Gasteiger partial charge in [-0.2, -0.15) is 0 Å². The maximum Gasteiger partial charge on any atom is 0.414 e. The van der Waals surface area contributed by atoms with Crippen LogP contribution in [0.3, 0.4) is 0 Å². The Kier molecular flexibility index (Phi) is 7.10. The number of carbonyl (C=O) groups excluding carboxylic acids is 2. The molecule has 200 valence electrons. The first-order valence-electron chi connectivity index (χ1n) is 13.3. The number of fused-ring (bicyclic) bond motifs is 3. The van der Waals surface area contributed by atoms with E-state index in [4.69, 9.17) is 9.72 Å². The Bertz CT molecular complexity index is 1360. The van der Waals surface area contributed by atoms with Crippen LogP contribution in [0.5, 0.6) is 0 Å². The number of imidazole rings is 1. The number of ether oxygens (including phenoxy) is 1. The van der Waals surface area contributed by atoms with Gasteiger partial charge >= 0.3 is 12.1 Å². The molecule has 1 aliphatic heterocycles. The summed E-state index contributed by atoms with van der Waals surface area (Å²) < 4.78 is 7.30. The van der Waals surface area contributed by atoms with Crippen molar-refractivity contribution in [1.82, 2.24) is 14.9 Å². The molecule has 1 aromatic heterocycles. The van der Waals surface area contributed by atoms with Gasteiger partial charge in [0.2, 0.25) is 5.91 Å². The van der Waals surface area contributed by atoms with Crippen LogP contribution in [0.1, 0.15) is 75.0 Å². The third kappa shape index (κ3) is 4.61. The number of anilines is 1. The highest BCUT2D eigenvalue weighted by atomic mass is 16.5. The molecule has 2 aliphatic rings. The fourth-order valence-corrected chi connectivity index (χ4v) is 6.11. The van der Waals surface area contributed by atoms with Gasteiger partial charge in [-0.25, -0.2) is 9.78 Å². The molecule has 2 atom stereocenters. The SMILES string of the molecule is COC(=O)N1c2ccc3c(nc([C@H](NC(C)=O)c4ccccc4)n3C3CCC(C(=O)O)CC3)c2CCC1C. The first-order valence-corrected chi connectivity index (χ1v) is 13.3. The molecular weight excluding hydrogens is 484 g/mol. The van der Waals surface area contributed by atoms with Crippen LogP contribution in [0.15, 0.2) is 42.5 Å². The number of nitrogens with one attached hydrogen (secondary N) is 1. The summed E-state index contributed by atoms with van der Waals surface area (Å²) in [5, 5.41) is 12.7. The Morgan fingerprint density at radius 2 is 1.76 bits per heavy atom. The van der Waals surface area contributed by atoms with Gasteiger partial charge in [-0.1, -0.05) is 30.3 Å². The van der Waals surface area contributed by atoms with Gasteiger partial charge in [0.25, 0.3) is 0 Å². The number of carboxylic acids is 1. The summed E-state index contributed by atoms with van der Waals surface area (Å²) in [6.45, 7) is 3.51. The number of nitrogens with zero attached hydrogens (tertiary/aromatic N) is 3. The minimum atomic E-state index is -0.745. The maximum absolute atomic E-state index is 12.7. The molecule has 3 aromatic rings. The number of methoxy groups -OCH3 is 1. The molecule has 2 heterocycles. The highest BCUT2D eigenvalue weighted by molar-refractivity contribution is 5.95. The number of aromatic nitrogens is 2. The first-order chi connectivity index (χ1) is 18.3. The fraction of sp³-hybridized carbons (Fsp3) is 0.448. The lowest BCUT2D eigenvalue weighted by Crippen LogP contribution is -2.42. The molecule has 0 saturated heterocycles. The maximum atomic E-state index is 12.7. The third-order valence-electron chi connectivity index (χ3n) is 8.00. The van der Waals surface area contributed by atoms with E-state index in [9.17, 15) is 19.5 Å². The summed E-state index contributed by atoms with van der Waals surface area (Å²) in [4.78, 5) is 43.6. The number of benzene rings is 2. The summed E-state index contributed by atoms with van der Waals surface area (Å²) in [7, 11) is 1.39. The Balaban J connectivity index is 1.70. The van der Waals surface area contributed by atoms with Crippen molar-refractivity contribution in [3.05, 3.63) is 59.4 Å². The van der Waals surface area contributed by atoms with E-state index < -0.39 is 18.1 Å². The van der Waals surface area contributed by atoms with Gasteiger partial charge in [-0.05, 0) is 63.1 Å². The second-order valence-electron chi connectivity index (χ2n) is 10.4. The minimum Gasteiger partial charge on any atom is -0.481 e. The standard InChI is InChI=1S/C29H34N4O5/c1-17-9-14-22-23(32(17)29(37)38-3)15-16-24-26(22)31-27(25(30-18(2)34)19-7-5-4-6-8-19)33(24)21-12-10-20(11-13-21)28(35)36/h4-8,15-17,20-21,25H,9-14H2,1-3H3,(H,30,34)(H,35,36)/t17?,20?,21?,25-/m1/s1. The van der Waals surface area contributed by atoms with Crippen molar-refractivity contribution in [2.75, 3.05) is 12.0 Å². The summed E-state index contributed by atoms with van der Waals surface area (Å²) in [6.07, 6.45) is 3.74. The van der Waals surface area contributed by atoms with Crippen LogP contribution in [-0.4, -0.2) is 45.8 Å². The number of carboxylic acid groups (broad SMARTS) is 1. The molecule has 5 rings (SSSR count). The molecule has 1 aliphatic carbocycles. The summed E-state index contributed by atoms with van der Waals surface area (Å²) in [5.74, 6) is -0.533. The monoisotopic (exact) mass is 518 g/mol. The van der Waals surface area contributed by atoms with E-state index in [1.165, 1.54) is 14.0 Å². The number of amides is 2. The van der Waals surface area contributed by atoms with Gasteiger partial charge in [-0.3, -0.25) is 14.5 Å². The van der Waals surface area contributed by atoms with Gasteiger partial charge in [0.15, 0.2) is 0 Å². The molecule has 0 spiro atoms. The van der Waals surface area contributed by atoms with Crippen molar-refractivity contribution in [3.8, 4) is 0 Å². The average molecular weight is 519 g/mol. The number of aryl methyl sites for hydroxylation is 1. The number of carbonyl (C=O) groups is 3. The summed E-state index contributed by atoms with van der Waals surface area (Å²) in [5.41, 5.74) is 4.44. The normalized spacial score (nSPS) is 22.0. The van der Waals surface area contributed by atoms with E-state index in [0.717, 1.165) is 46.5 Å². The minimum absolute atomic E-state index is 0.00306. The average Bonchev–Trinajstić information content (AvgIpc) is 3.31. The zero-order chi connectivity index (χ0) is 27.0. The topological polar surface area (TPSA) is 114 Å². The van der Waals surface area contributed by atoms with Crippen molar-refractivity contribution in [3.63, 3.8) is 0 Å². The Morgan fingerprint density at radius 3 is 2.39 bits per heavy atom. The molecule has 2 N–H and O–H groups in total. The summed E-state index contributed by atoms with van der Waals surface area (Å²) in [6, 6.07) is 13.3. The summed E-state index contributed by atoms with van der Waals surface area (Å²) >= 11 is 0. The van der Waals surface area contributed by atoms with Gasteiger partial charge in [0.05, 0.1) is 29.7 Å². The Hall–Kier alpha value is -3.88. The Labute approximate surface area is 221 Å². The number of hydrogen-bond donors (Lipinski definition) is 2. The highest BCUT2D eigenvalue weighted by Crippen LogP contribution is 2.42. The lowest BCUT2D eigenvalue weighted by atomic mass is 9.85. The Morgan fingerprint density at radius 1 is 1.05 bits per heavy atom. The van der Waals surface area contributed by atoms with E-state index in [2.05, 4.69) is 9.88 Å². The quantitative estimate of drug-likeness (QED) is 0.492. The highest BCUT2D eigenvalue weighted by Gasteiger charge is 2.35. The second kappa shape index (κ2) is 10.5. The molecule has 2 aromatic carbocycles. The van der Waals surface area contributed by atoms with E-state index in [-0.39, 0.29) is 23.9 Å². The van der Waals surface area contributed by atoms with Crippen LogP contribution < -0.4 is 10.2 Å². The molecule has 38 heavy (non-hydrogen) atoms. The predicted molar refractivity (Wildman–Crippen MR) is 143 cm³/mol. The van der Waals surface area contributed by atoms with Gasteiger partial charge in [0, 0.05) is 24.6 Å². The lowest BCUT2D eigenvalue weighted by Gasteiger charge is -2.34. The molecule has 1 fully saturated rings. The van der Waals surface area contributed by atoms with Gasteiger partial charge in [-0.15, -0.1) is 0 Å². The van der Waals surface area contributed by atoms with Crippen LogP contribution in [-0.2, 0) is 20.7 Å². The van der Waals surface area contributed by atoms with Crippen LogP contribution in [0, 0.1) is 5.92 Å². The third-order valence-corrected chi connectivity index (χ3v) is 8.00. The molecule has 9 heteroatoms. The molecule has 0 radical (unpaired) electrons. The number of rotatable bonds is 5. The van der Waals surface area contributed by atoms with Crippen molar-refractivity contribution in [1.29, 1.82) is 0 Å². The zero-order valence-electron chi connectivity index (χ0n) is 22.0. The molecule has 0 bridgehead atoms. The van der Waals surface area contributed by atoms with Crippen LogP contribution in [0.25, 0.3) is 11.0 Å². The van der Waals surface area contributed by atoms with E-state index in [1.807, 2.05) is 49.4 Å². The van der Waals surface area contributed by atoms with Gasteiger partial charge in [0.1, 0.15) is 11.9 Å². The molecular formula is C29H34N4O5. The lowest BCUT2D eigenvalue weighted by molar-refractivity contribution is -0.143. The fourth-order valence-electron chi connectivity index (χ4n) is 6.11. The van der Waals surface area contributed by atoms with E-state index >= 15 is 0 Å². The smallest absolute Gasteiger partial charge is 0.414 e. The first kappa shape index (κ1) is 25.8. The van der Waals surface area contributed by atoms with Gasteiger partial charge < -0.3 is 19.7 Å². The number of aliphatic carboxylic acids is 1. The van der Waals surface area contributed by atoms with E-state index in [1.54, 1.807) is 4.90 Å². The molecule has 1 saturated carbocycles. The van der Waals surface area contributed by atoms with Crippen LogP contribution >= 0.6 is 0 Å². The zero-order valence-corrected chi connectivity index (χ0v) is 22.0. The second-order valence-corrected chi connectivity index (χ2v) is 10.4. The molecule has 9 nitrogen and oxygen atoms in total. The predicted octanol–water partition coefficient (Wildman–Crippen LogP) is 4.99. The largest absolute Gasteiger partial charge is 0.481 e. The van der Waals surface area contributed by atoms with Crippen molar-refractivity contribution in [2.45, 2.75) is 70.5 Å². The number of hydrogen-bond acceptors (Lipinski definition) is 5. The van der Waals surface area contributed by atoms with E-state index in [0.29, 0.717) is 25.7 Å². The van der Waals surface area contributed by atoms with Crippen molar-refractivity contribution >= 4 is 34.7 Å². The van der Waals surface area contributed by atoms with Crippen LogP contribution in [0.4, 0.5) is 10.5 Å². The van der Waals surface area contributed by atoms with Crippen molar-refractivity contribution < 1.29 is 24.2 Å². The van der Waals surface area contributed by atoms with Crippen LogP contribution in [0.2, 0.25) is 0 Å². The molecule has 1 unspecified atom stereocenters. The molecule has 2 amide bonds.